The van der Waals surface area contributed by atoms with Gasteiger partial charge in [-0.25, -0.2) is 0 Å². The largest absolute Gasteiger partial charge is 0.497 e. The van der Waals surface area contributed by atoms with Crippen LogP contribution in [-0.4, -0.2) is 44.8 Å². The standard InChI is InChI=1S/C18H28N2O2.ClH/c1-21-16-6-5-15(18(12-16)22-2)13-20-10-7-14(8-11-20)17-4-3-9-19-17;/h5-6,12,14,17,19H,3-4,7-11,13H2,1-2H3;1H. The van der Waals surface area contributed by atoms with Gasteiger partial charge >= 0.3 is 0 Å². The van der Waals surface area contributed by atoms with E-state index in [4.69, 9.17) is 9.47 Å². The van der Waals surface area contributed by atoms with Crippen molar-refractivity contribution in [2.75, 3.05) is 33.9 Å². The van der Waals surface area contributed by atoms with E-state index in [1.165, 1.54) is 50.9 Å². The van der Waals surface area contributed by atoms with Crippen LogP contribution in [0.5, 0.6) is 11.5 Å². The second kappa shape index (κ2) is 8.76. The second-order valence-electron chi connectivity index (χ2n) is 6.49. The average Bonchev–Trinajstić information content (AvgIpc) is 3.10. The molecule has 0 saturated carbocycles. The van der Waals surface area contributed by atoms with E-state index in [1.54, 1.807) is 14.2 Å². The molecule has 5 heteroatoms. The molecule has 1 unspecified atom stereocenters. The van der Waals surface area contributed by atoms with E-state index in [0.29, 0.717) is 0 Å². The number of likely N-dealkylation sites (tertiary alicyclic amines) is 1. The first-order valence-electron chi connectivity index (χ1n) is 8.47. The fourth-order valence-corrected chi connectivity index (χ4v) is 3.85. The van der Waals surface area contributed by atoms with E-state index in [1.807, 2.05) is 12.1 Å². The van der Waals surface area contributed by atoms with Crippen LogP contribution in [0.25, 0.3) is 0 Å². The third kappa shape index (κ3) is 4.52. The Labute approximate surface area is 145 Å². The number of methoxy groups -OCH3 is 2. The van der Waals surface area contributed by atoms with Gasteiger partial charge in [-0.15, -0.1) is 12.4 Å². The molecule has 130 valence electrons. The summed E-state index contributed by atoms with van der Waals surface area (Å²) in [6, 6.07) is 6.90. The number of nitrogens with zero attached hydrogens (tertiary/aromatic N) is 1. The summed E-state index contributed by atoms with van der Waals surface area (Å²) >= 11 is 0. The van der Waals surface area contributed by atoms with E-state index in [2.05, 4.69) is 16.3 Å². The Hall–Kier alpha value is -0.970. The fourth-order valence-electron chi connectivity index (χ4n) is 3.85. The first-order chi connectivity index (χ1) is 10.8. The molecule has 2 fully saturated rings. The Morgan fingerprint density at radius 2 is 1.91 bits per heavy atom. The van der Waals surface area contributed by atoms with Crippen molar-refractivity contribution in [1.29, 1.82) is 0 Å². The van der Waals surface area contributed by atoms with Crippen LogP contribution in [0.4, 0.5) is 0 Å². The second-order valence-corrected chi connectivity index (χ2v) is 6.49. The highest BCUT2D eigenvalue weighted by molar-refractivity contribution is 5.85. The Morgan fingerprint density at radius 3 is 2.52 bits per heavy atom. The number of ether oxygens (including phenoxy) is 2. The molecular formula is C18H29ClN2O2. The topological polar surface area (TPSA) is 33.7 Å². The molecule has 2 saturated heterocycles. The van der Waals surface area contributed by atoms with E-state index < -0.39 is 0 Å². The third-order valence-corrected chi connectivity index (χ3v) is 5.19. The third-order valence-electron chi connectivity index (χ3n) is 5.19. The number of rotatable bonds is 5. The molecule has 0 amide bonds. The van der Waals surface area contributed by atoms with Crippen molar-refractivity contribution in [3.05, 3.63) is 23.8 Å². The van der Waals surface area contributed by atoms with Crippen molar-refractivity contribution in [2.24, 2.45) is 5.92 Å². The lowest BCUT2D eigenvalue weighted by molar-refractivity contribution is 0.156. The number of nitrogens with one attached hydrogen (secondary N) is 1. The van der Waals surface area contributed by atoms with Gasteiger partial charge in [0.2, 0.25) is 0 Å². The molecule has 2 heterocycles. The van der Waals surface area contributed by atoms with Crippen molar-refractivity contribution in [3.63, 3.8) is 0 Å². The van der Waals surface area contributed by atoms with Gasteiger partial charge in [-0.05, 0) is 57.3 Å². The fraction of sp³-hybridized carbons (Fsp3) is 0.667. The molecule has 4 nitrogen and oxygen atoms in total. The molecule has 0 bridgehead atoms. The van der Waals surface area contributed by atoms with E-state index in [9.17, 15) is 0 Å². The molecule has 3 rings (SSSR count). The van der Waals surface area contributed by atoms with Crippen LogP contribution >= 0.6 is 12.4 Å². The summed E-state index contributed by atoms with van der Waals surface area (Å²) < 4.78 is 10.8. The van der Waals surface area contributed by atoms with Crippen LogP contribution in [0.15, 0.2) is 18.2 Å². The number of hydrogen-bond acceptors (Lipinski definition) is 4. The summed E-state index contributed by atoms with van der Waals surface area (Å²) in [7, 11) is 3.42. The van der Waals surface area contributed by atoms with Crippen molar-refractivity contribution in [3.8, 4) is 11.5 Å². The van der Waals surface area contributed by atoms with Crippen molar-refractivity contribution in [1.82, 2.24) is 10.2 Å². The van der Waals surface area contributed by atoms with Gasteiger partial charge in [-0.3, -0.25) is 4.90 Å². The maximum Gasteiger partial charge on any atom is 0.127 e. The Kier molecular flexibility index (Phi) is 7.00. The van der Waals surface area contributed by atoms with Gasteiger partial charge in [0.25, 0.3) is 0 Å². The predicted molar refractivity (Wildman–Crippen MR) is 95.8 cm³/mol. The lowest BCUT2D eigenvalue weighted by atomic mass is 9.88. The van der Waals surface area contributed by atoms with Crippen LogP contribution in [0.2, 0.25) is 0 Å². The average molecular weight is 341 g/mol. The molecule has 1 aromatic rings. The zero-order valence-electron chi connectivity index (χ0n) is 14.2. The number of benzene rings is 1. The predicted octanol–water partition coefficient (Wildman–Crippen LogP) is 3.09. The van der Waals surface area contributed by atoms with Crippen LogP contribution in [0.1, 0.15) is 31.2 Å². The van der Waals surface area contributed by atoms with Gasteiger partial charge in [0.15, 0.2) is 0 Å². The Bertz CT molecular complexity index is 484. The molecule has 0 radical (unpaired) electrons. The molecule has 0 spiro atoms. The summed E-state index contributed by atoms with van der Waals surface area (Å²) in [6.07, 6.45) is 5.36. The molecule has 2 aliphatic rings. The molecule has 2 aliphatic heterocycles. The highest BCUT2D eigenvalue weighted by Gasteiger charge is 2.28. The van der Waals surface area contributed by atoms with Crippen molar-refractivity contribution < 1.29 is 9.47 Å². The molecule has 0 aromatic heterocycles. The number of hydrogen-bond donors (Lipinski definition) is 1. The van der Waals surface area contributed by atoms with Gasteiger partial charge in [0.05, 0.1) is 14.2 Å². The number of piperidine rings is 1. The van der Waals surface area contributed by atoms with Gasteiger partial charge in [0, 0.05) is 24.2 Å². The monoisotopic (exact) mass is 340 g/mol. The quantitative estimate of drug-likeness (QED) is 0.893. The van der Waals surface area contributed by atoms with Gasteiger partial charge in [0.1, 0.15) is 11.5 Å². The minimum Gasteiger partial charge on any atom is -0.497 e. The Morgan fingerprint density at radius 1 is 1.13 bits per heavy atom. The molecular weight excluding hydrogens is 312 g/mol. The zero-order valence-corrected chi connectivity index (χ0v) is 15.0. The maximum absolute atomic E-state index is 5.52. The summed E-state index contributed by atoms with van der Waals surface area (Å²) in [5.41, 5.74) is 1.25. The normalized spacial score (nSPS) is 22.6. The smallest absolute Gasteiger partial charge is 0.127 e. The number of halogens is 1. The molecule has 1 aromatic carbocycles. The minimum absolute atomic E-state index is 0. The summed E-state index contributed by atoms with van der Waals surface area (Å²) in [5.74, 6) is 2.65. The highest BCUT2D eigenvalue weighted by Crippen LogP contribution is 2.29. The van der Waals surface area contributed by atoms with Crippen LogP contribution in [0.3, 0.4) is 0 Å². The first-order valence-corrected chi connectivity index (χ1v) is 8.47. The minimum atomic E-state index is 0. The molecule has 23 heavy (non-hydrogen) atoms. The lowest BCUT2D eigenvalue weighted by Gasteiger charge is -2.35. The first kappa shape index (κ1) is 18.4. The van der Waals surface area contributed by atoms with Gasteiger partial charge in [-0.1, -0.05) is 6.07 Å². The SMILES string of the molecule is COc1ccc(CN2CCC(C3CCCN3)CC2)c(OC)c1.Cl. The van der Waals surface area contributed by atoms with Crippen molar-refractivity contribution >= 4 is 12.4 Å². The zero-order chi connectivity index (χ0) is 15.4. The highest BCUT2D eigenvalue weighted by atomic mass is 35.5. The van der Waals surface area contributed by atoms with Crippen LogP contribution in [0, 0.1) is 5.92 Å². The van der Waals surface area contributed by atoms with Gasteiger partial charge < -0.3 is 14.8 Å². The molecule has 1 atom stereocenters. The van der Waals surface area contributed by atoms with Crippen LogP contribution in [-0.2, 0) is 6.54 Å². The van der Waals surface area contributed by atoms with E-state index in [-0.39, 0.29) is 12.4 Å². The summed E-state index contributed by atoms with van der Waals surface area (Å²) in [5, 5.41) is 3.67. The van der Waals surface area contributed by atoms with Crippen molar-refractivity contribution in [2.45, 2.75) is 38.3 Å². The molecule has 1 N–H and O–H groups in total. The summed E-state index contributed by atoms with van der Waals surface area (Å²) in [6.45, 7) is 4.57. The van der Waals surface area contributed by atoms with E-state index >= 15 is 0 Å². The Balaban J connectivity index is 0.00000192. The molecule has 0 aliphatic carbocycles. The van der Waals surface area contributed by atoms with Crippen LogP contribution < -0.4 is 14.8 Å². The summed E-state index contributed by atoms with van der Waals surface area (Å²) in [4.78, 5) is 2.55. The maximum atomic E-state index is 5.52. The van der Waals surface area contributed by atoms with E-state index in [0.717, 1.165) is 30.0 Å². The lowest BCUT2D eigenvalue weighted by Crippen LogP contribution is -2.40. The van der Waals surface area contributed by atoms with Gasteiger partial charge in [-0.2, -0.15) is 0 Å².